The topological polar surface area (TPSA) is 74.6 Å². The molecule has 5 unspecified atom stereocenters. The first-order valence-corrected chi connectivity index (χ1v) is 13.8. The van der Waals surface area contributed by atoms with Crippen molar-refractivity contribution in [2.45, 2.75) is 105 Å². The standard InChI is InChI=1S/C30H46O4/c1-18(17-31)19-9-14-30(25(33)34)16-15-28(5)20(24(19)30)7-8-22-27(4)12-11-23(32)26(2,3)21(27)10-13-29(22,28)6/h17,19-24,32H,1,7-16H2,2-6H3,(H,33,34)/t19?,20?,21?,22?,23-,24?,27-,28+,29+,30-/m0/s1. The molecule has 0 aliphatic heterocycles. The molecule has 0 aromatic carbocycles. The first-order valence-electron chi connectivity index (χ1n) is 13.8. The van der Waals surface area contributed by atoms with Crippen LogP contribution in [0.5, 0.6) is 0 Å². The molecule has 5 aliphatic rings. The molecular formula is C30H46O4. The second kappa shape index (κ2) is 7.43. The average Bonchev–Trinajstić information content (AvgIpc) is 3.18. The molecule has 10 atom stereocenters. The summed E-state index contributed by atoms with van der Waals surface area (Å²) in [5.41, 5.74) is 0.298. The molecule has 0 aromatic heterocycles. The number of hydrogen-bond donors (Lipinski definition) is 2. The summed E-state index contributed by atoms with van der Waals surface area (Å²) in [5.74, 6) is 0.830. The molecular weight excluding hydrogens is 424 g/mol. The van der Waals surface area contributed by atoms with Gasteiger partial charge < -0.3 is 10.2 Å². The lowest BCUT2D eigenvalue weighted by molar-refractivity contribution is -0.248. The van der Waals surface area contributed by atoms with Crippen molar-refractivity contribution >= 4 is 12.3 Å². The van der Waals surface area contributed by atoms with Crippen LogP contribution in [0.3, 0.4) is 0 Å². The number of aliphatic hydroxyl groups excluding tert-OH is 1. The van der Waals surface area contributed by atoms with Gasteiger partial charge in [-0.1, -0.05) is 41.2 Å². The Labute approximate surface area is 206 Å². The molecule has 0 heterocycles. The van der Waals surface area contributed by atoms with Gasteiger partial charge in [0.2, 0.25) is 0 Å². The van der Waals surface area contributed by atoms with Crippen LogP contribution in [0.15, 0.2) is 12.2 Å². The minimum Gasteiger partial charge on any atom is -0.481 e. The zero-order valence-corrected chi connectivity index (χ0v) is 22.0. The number of aliphatic carboxylic acids is 1. The van der Waals surface area contributed by atoms with Crippen molar-refractivity contribution in [3.05, 3.63) is 12.2 Å². The third-order valence-electron chi connectivity index (χ3n) is 13.5. The van der Waals surface area contributed by atoms with Crippen LogP contribution >= 0.6 is 0 Å². The molecule has 0 saturated heterocycles. The van der Waals surface area contributed by atoms with Crippen molar-refractivity contribution in [3.63, 3.8) is 0 Å². The molecule has 5 aliphatic carbocycles. The Hall–Kier alpha value is -1.16. The number of carbonyl (C=O) groups excluding carboxylic acids is 1. The van der Waals surface area contributed by atoms with Gasteiger partial charge in [-0.25, -0.2) is 0 Å². The monoisotopic (exact) mass is 470 g/mol. The zero-order valence-electron chi connectivity index (χ0n) is 22.0. The molecule has 0 amide bonds. The molecule has 5 rings (SSSR count). The van der Waals surface area contributed by atoms with Crippen LogP contribution in [0.1, 0.15) is 98.8 Å². The maximum absolute atomic E-state index is 12.8. The molecule has 0 bridgehead atoms. The normalized spacial score (nSPS) is 53.6. The van der Waals surface area contributed by atoms with Crippen LogP contribution < -0.4 is 0 Å². The molecule has 4 heteroatoms. The third-order valence-corrected chi connectivity index (χ3v) is 13.5. The number of allylic oxidation sites excluding steroid dienone is 1. The van der Waals surface area contributed by atoms with Gasteiger partial charge in [0.1, 0.15) is 6.29 Å². The Kier molecular flexibility index (Phi) is 5.36. The number of hydrogen-bond acceptors (Lipinski definition) is 3. The molecule has 0 aromatic rings. The van der Waals surface area contributed by atoms with E-state index in [0.29, 0.717) is 29.7 Å². The van der Waals surface area contributed by atoms with E-state index in [-0.39, 0.29) is 39.6 Å². The average molecular weight is 471 g/mol. The van der Waals surface area contributed by atoms with E-state index in [2.05, 4.69) is 41.2 Å². The Morgan fingerprint density at radius 3 is 2.21 bits per heavy atom. The second-order valence-corrected chi connectivity index (χ2v) is 14.4. The van der Waals surface area contributed by atoms with Crippen molar-refractivity contribution in [3.8, 4) is 0 Å². The van der Waals surface area contributed by atoms with Gasteiger partial charge in [-0.15, -0.1) is 0 Å². The van der Waals surface area contributed by atoms with Crippen LogP contribution in [0.25, 0.3) is 0 Å². The van der Waals surface area contributed by atoms with E-state index in [1.54, 1.807) is 0 Å². The highest BCUT2D eigenvalue weighted by atomic mass is 16.4. The Morgan fingerprint density at radius 2 is 1.56 bits per heavy atom. The van der Waals surface area contributed by atoms with Crippen molar-refractivity contribution in [2.24, 2.45) is 56.7 Å². The highest BCUT2D eigenvalue weighted by Gasteiger charge is 2.72. The largest absolute Gasteiger partial charge is 0.481 e. The van der Waals surface area contributed by atoms with Gasteiger partial charge in [0.15, 0.2) is 0 Å². The van der Waals surface area contributed by atoms with Crippen LogP contribution in [-0.4, -0.2) is 28.6 Å². The zero-order chi connectivity index (χ0) is 24.9. The predicted octanol–water partition coefficient (Wildman–Crippen LogP) is 6.27. The number of carbonyl (C=O) groups is 2. The summed E-state index contributed by atoms with van der Waals surface area (Å²) in [6.07, 6.45) is 10.3. The Morgan fingerprint density at radius 1 is 0.853 bits per heavy atom. The SMILES string of the molecule is C=C(C=O)C1CC[C@]2(C(=O)O)CC[C@]3(C)C(CCC4[C@@]5(C)CC[C@H](O)C(C)(C)C5CC[C@]43C)C12. The molecule has 0 radical (unpaired) electrons. The maximum atomic E-state index is 12.8. The number of carboxylic acid groups (broad SMARTS) is 1. The van der Waals surface area contributed by atoms with E-state index in [9.17, 15) is 19.8 Å². The van der Waals surface area contributed by atoms with E-state index in [1.807, 2.05) is 0 Å². The van der Waals surface area contributed by atoms with Crippen molar-refractivity contribution in [2.75, 3.05) is 0 Å². The minimum absolute atomic E-state index is 0.00839. The summed E-state index contributed by atoms with van der Waals surface area (Å²) in [6, 6.07) is 0. The summed E-state index contributed by atoms with van der Waals surface area (Å²) < 4.78 is 0. The van der Waals surface area contributed by atoms with Crippen LogP contribution in [0, 0.1) is 56.7 Å². The first-order chi connectivity index (χ1) is 15.8. The van der Waals surface area contributed by atoms with Gasteiger partial charge >= 0.3 is 5.97 Å². The number of rotatable bonds is 3. The van der Waals surface area contributed by atoms with E-state index < -0.39 is 11.4 Å². The van der Waals surface area contributed by atoms with E-state index >= 15 is 0 Å². The second-order valence-electron chi connectivity index (χ2n) is 14.4. The van der Waals surface area contributed by atoms with Gasteiger partial charge in [-0.2, -0.15) is 0 Å². The van der Waals surface area contributed by atoms with E-state index in [1.165, 1.54) is 0 Å². The quantitative estimate of drug-likeness (QED) is 0.377. The van der Waals surface area contributed by atoms with Crippen molar-refractivity contribution in [1.82, 2.24) is 0 Å². The summed E-state index contributed by atoms with van der Waals surface area (Å²) in [6.45, 7) is 16.2. The molecule has 5 saturated carbocycles. The van der Waals surface area contributed by atoms with E-state index in [4.69, 9.17) is 0 Å². The number of fused-ring (bicyclic) bond motifs is 7. The van der Waals surface area contributed by atoms with Crippen LogP contribution in [0.2, 0.25) is 0 Å². The number of aliphatic hydroxyl groups is 1. The molecule has 0 spiro atoms. The summed E-state index contributed by atoms with van der Waals surface area (Å²) >= 11 is 0. The maximum Gasteiger partial charge on any atom is 0.309 e. The van der Waals surface area contributed by atoms with Gasteiger partial charge in [0, 0.05) is 0 Å². The lowest BCUT2D eigenvalue weighted by Gasteiger charge is -2.72. The van der Waals surface area contributed by atoms with Crippen molar-refractivity contribution in [1.29, 1.82) is 0 Å². The smallest absolute Gasteiger partial charge is 0.309 e. The molecule has 190 valence electrons. The fourth-order valence-corrected chi connectivity index (χ4v) is 11.5. The highest BCUT2D eigenvalue weighted by molar-refractivity contribution is 5.78. The number of carboxylic acids is 1. The predicted molar refractivity (Wildman–Crippen MR) is 133 cm³/mol. The summed E-state index contributed by atoms with van der Waals surface area (Å²) in [7, 11) is 0. The summed E-state index contributed by atoms with van der Waals surface area (Å²) in [4.78, 5) is 24.5. The van der Waals surface area contributed by atoms with Gasteiger partial charge in [-0.3, -0.25) is 9.59 Å². The Bertz CT molecular complexity index is 907. The molecule has 34 heavy (non-hydrogen) atoms. The number of aldehydes is 1. The van der Waals surface area contributed by atoms with E-state index in [0.717, 1.165) is 64.1 Å². The fourth-order valence-electron chi connectivity index (χ4n) is 11.5. The highest BCUT2D eigenvalue weighted by Crippen LogP contribution is 2.77. The summed E-state index contributed by atoms with van der Waals surface area (Å²) in [5, 5.41) is 21.4. The fraction of sp³-hybridized carbons (Fsp3) is 0.867. The van der Waals surface area contributed by atoms with Gasteiger partial charge in [-0.05, 0) is 121 Å². The van der Waals surface area contributed by atoms with Gasteiger partial charge in [0.05, 0.1) is 11.5 Å². The van der Waals surface area contributed by atoms with Gasteiger partial charge in [0.25, 0.3) is 0 Å². The molecule has 4 nitrogen and oxygen atoms in total. The Balaban J connectivity index is 1.57. The molecule has 2 N–H and O–H groups in total. The van der Waals surface area contributed by atoms with Crippen LogP contribution in [0.4, 0.5) is 0 Å². The van der Waals surface area contributed by atoms with Crippen LogP contribution in [-0.2, 0) is 9.59 Å². The van der Waals surface area contributed by atoms with Crippen molar-refractivity contribution < 1.29 is 19.8 Å². The third kappa shape index (κ3) is 2.75. The molecule has 5 fully saturated rings. The minimum atomic E-state index is -0.692. The first kappa shape index (κ1) is 24.5. The lowest BCUT2D eigenvalue weighted by atomic mass is 9.32. The lowest BCUT2D eigenvalue weighted by Crippen LogP contribution is -2.67.